The highest BCUT2D eigenvalue weighted by Crippen LogP contribution is 2.64. The number of alkyl halides is 1. The van der Waals surface area contributed by atoms with Gasteiger partial charge in [0.05, 0.1) is 11.4 Å². The molecule has 0 unspecified atom stereocenters. The largest absolute Gasteiger partial charge is 0.507 e. The van der Waals surface area contributed by atoms with Crippen LogP contribution in [0.3, 0.4) is 0 Å². The number of hydrogen-bond donors (Lipinski definition) is 1. The summed E-state index contributed by atoms with van der Waals surface area (Å²) >= 11 is 5.78. The molecule has 3 nitrogen and oxygen atoms in total. The molecule has 0 aliphatic heterocycles. The highest BCUT2D eigenvalue weighted by molar-refractivity contribution is 6.30. The Bertz CT molecular complexity index is 814. The summed E-state index contributed by atoms with van der Waals surface area (Å²) in [4.78, 5) is 24.5. The van der Waals surface area contributed by atoms with Crippen molar-refractivity contribution in [1.29, 1.82) is 0 Å². The summed E-state index contributed by atoms with van der Waals surface area (Å²) in [5.74, 6) is 1.69. The molecule has 0 amide bonds. The van der Waals surface area contributed by atoms with Gasteiger partial charge in [0.1, 0.15) is 11.5 Å². The van der Waals surface area contributed by atoms with E-state index >= 15 is 0 Å². The van der Waals surface area contributed by atoms with E-state index in [0.29, 0.717) is 29.1 Å². The summed E-state index contributed by atoms with van der Waals surface area (Å²) in [5, 5.41) is 11.0. The first-order valence-corrected chi connectivity index (χ1v) is 10.8. The SMILES string of the molecule is CC(=O)[C@H]1CC[C@H]2[C@@H]3CCc4c(C)cc(C(=O)CCl)c(O)c4[C@H]3CC[C@]12C. The fraction of sp³-hybridized carbons (Fsp3) is 0.652. The molecule has 2 saturated carbocycles. The maximum atomic E-state index is 12.3. The van der Waals surface area contributed by atoms with Crippen molar-refractivity contribution >= 4 is 23.2 Å². The fourth-order valence-corrected chi connectivity index (χ4v) is 7.06. The predicted molar refractivity (Wildman–Crippen MR) is 107 cm³/mol. The van der Waals surface area contributed by atoms with Gasteiger partial charge in [0.15, 0.2) is 5.78 Å². The van der Waals surface area contributed by atoms with Crippen molar-refractivity contribution < 1.29 is 14.7 Å². The third-order valence-electron chi connectivity index (χ3n) is 8.12. The van der Waals surface area contributed by atoms with E-state index in [1.54, 1.807) is 6.92 Å². The molecule has 0 spiro atoms. The topological polar surface area (TPSA) is 54.4 Å². The van der Waals surface area contributed by atoms with Crippen LogP contribution in [0.25, 0.3) is 0 Å². The van der Waals surface area contributed by atoms with E-state index in [0.717, 1.165) is 49.7 Å². The molecule has 1 aromatic rings. The minimum Gasteiger partial charge on any atom is -0.507 e. The Morgan fingerprint density at radius 1 is 1.26 bits per heavy atom. The first-order chi connectivity index (χ1) is 12.8. The van der Waals surface area contributed by atoms with E-state index in [1.165, 1.54) is 5.56 Å². The third kappa shape index (κ3) is 2.68. The Labute approximate surface area is 166 Å². The normalized spacial score (nSPS) is 34.5. The summed E-state index contributed by atoms with van der Waals surface area (Å²) in [6, 6.07) is 1.81. The number of halogens is 1. The zero-order valence-electron chi connectivity index (χ0n) is 16.5. The van der Waals surface area contributed by atoms with Crippen molar-refractivity contribution in [2.24, 2.45) is 23.2 Å². The second kappa shape index (κ2) is 6.62. The van der Waals surface area contributed by atoms with Crippen molar-refractivity contribution in [2.75, 3.05) is 5.88 Å². The monoisotopic (exact) mass is 388 g/mol. The molecular weight excluding hydrogens is 360 g/mol. The number of ketones is 2. The second-order valence-electron chi connectivity index (χ2n) is 9.24. The minimum atomic E-state index is -0.208. The average Bonchev–Trinajstić information content (AvgIpc) is 3.00. The number of carbonyl (C=O) groups is 2. The Morgan fingerprint density at radius 3 is 2.67 bits per heavy atom. The molecule has 0 bridgehead atoms. The maximum absolute atomic E-state index is 12.3. The highest BCUT2D eigenvalue weighted by atomic mass is 35.5. The number of benzene rings is 1. The third-order valence-corrected chi connectivity index (χ3v) is 8.36. The molecule has 3 aliphatic carbocycles. The van der Waals surface area contributed by atoms with E-state index in [9.17, 15) is 14.7 Å². The lowest BCUT2D eigenvalue weighted by Gasteiger charge is -2.51. The van der Waals surface area contributed by atoms with E-state index < -0.39 is 0 Å². The summed E-state index contributed by atoms with van der Waals surface area (Å²) in [6.45, 7) is 6.11. The Kier molecular flexibility index (Phi) is 4.65. The van der Waals surface area contributed by atoms with Gasteiger partial charge in [-0.05, 0) is 92.7 Å². The van der Waals surface area contributed by atoms with Gasteiger partial charge in [-0.3, -0.25) is 9.59 Å². The average molecular weight is 389 g/mol. The van der Waals surface area contributed by atoms with Crippen molar-refractivity contribution in [3.8, 4) is 5.75 Å². The van der Waals surface area contributed by atoms with Gasteiger partial charge < -0.3 is 5.11 Å². The van der Waals surface area contributed by atoms with Gasteiger partial charge in [-0.15, -0.1) is 11.6 Å². The number of rotatable bonds is 3. The van der Waals surface area contributed by atoms with Crippen LogP contribution in [0.4, 0.5) is 0 Å². The van der Waals surface area contributed by atoms with Crippen molar-refractivity contribution in [2.45, 2.75) is 65.2 Å². The molecule has 0 saturated heterocycles. The first-order valence-electron chi connectivity index (χ1n) is 10.2. The van der Waals surface area contributed by atoms with E-state index in [-0.39, 0.29) is 28.7 Å². The number of carbonyl (C=O) groups excluding carboxylic acids is 2. The molecule has 3 aliphatic rings. The predicted octanol–water partition coefficient (Wildman–Crippen LogP) is 5.18. The maximum Gasteiger partial charge on any atom is 0.181 e. The van der Waals surface area contributed by atoms with Crippen LogP contribution in [0, 0.1) is 30.1 Å². The van der Waals surface area contributed by atoms with Gasteiger partial charge in [-0.25, -0.2) is 0 Å². The van der Waals surface area contributed by atoms with Crippen LogP contribution < -0.4 is 0 Å². The number of phenols is 1. The van der Waals surface area contributed by atoms with E-state index in [2.05, 4.69) is 6.92 Å². The van der Waals surface area contributed by atoms with Gasteiger partial charge in [0, 0.05) is 11.5 Å². The summed E-state index contributed by atoms with van der Waals surface area (Å²) in [6.07, 6.45) is 6.18. The van der Waals surface area contributed by atoms with E-state index in [4.69, 9.17) is 11.6 Å². The number of phenolic OH excluding ortho intramolecular Hbond substituents is 1. The summed E-state index contributed by atoms with van der Waals surface area (Å²) in [5.41, 5.74) is 3.80. The van der Waals surface area contributed by atoms with Crippen LogP contribution >= 0.6 is 11.6 Å². The van der Waals surface area contributed by atoms with Gasteiger partial charge in [-0.2, -0.15) is 0 Å². The van der Waals surface area contributed by atoms with Crippen LogP contribution in [-0.4, -0.2) is 22.6 Å². The molecule has 0 heterocycles. The molecule has 4 rings (SSSR count). The zero-order chi connectivity index (χ0) is 19.5. The number of hydrogen-bond acceptors (Lipinski definition) is 3. The van der Waals surface area contributed by atoms with Gasteiger partial charge in [0.2, 0.25) is 0 Å². The van der Waals surface area contributed by atoms with Crippen LogP contribution in [-0.2, 0) is 11.2 Å². The van der Waals surface area contributed by atoms with E-state index in [1.807, 2.05) is 13.0 Å². The number of aromatic hydroxyl groups is 1. The number of aryl methyl sites for hydroxylation is 1. The lowest BCUT2D eigenvalue weighted by atomic mass is 9.53. The molecule has 5 atom stereocenters. The molecule has 1 aromatic carbocycles. The molecule has 2 fully saturated rings. The molecule has 0 aromatic heterocycles. The molecule has 146 valence electrons. The van der Waals surface area contributed by atoms with Crippen molar-refractivity contribution in [1.82, 2.24) is 0 Å². The molecule has 27 heavy (non-hydrogen) atoms. The first kappa shape index (κ1) is 19.0. The van der Waals surface area contributed by atoms with Crippen LogP contribution in [0.5, 0.6) is 5.75 Å². The molecule has 1 N–H and O–H groups in total. The second-order valence-corrected chi connectivity index (χ2v) is 9.51. The van der Waals surface area contributed by atoms with Gasteiger partial charge >= 0.3 is 0 Å². The lowest BCUT2D eigenvalue weighted by molar-refractivity contribution is -0.125. The quantitative estimate of drug-likeness (QED) is 0.573. The van der Waals surface area contributed by atoms with Gasteiger partial charge in [-0.1, -0.05) is 6.92 Å². The molecular formula is C23H29ClO3. The number of fused-ring (bicyclic) bond motifs is 5. The smallest absolute Gasteiger partial charge is 0.181 e. The lowest BCUT2D eigenvalue weighted by Crippen LogP contribution is -2.43. The number of Topliss-reactive ketones (excluding diaryl/α,β-unsaturated/α-hetero) is 2. The zero-order valence-corrected chi connectivity index (χ0v) is 17.2. The van der Waals surface area contributed by atoms with Crippen LogP contribution in [0.2, 0.25) is 0 Å². The fourth-order valence-electron chi connectivity index (χ4n) is 6.92. The van der Waals surface area contributed by atoms with Crippen LogP contribution in [0.1, 0.15) is 78.9 Å². The van der Waals surface area contributed by atoms with Gasteiger partial charge in [0.25, 0.3) is 0 Å². The Balaban J connectivity index is 1.77. The van der Waals surface area contributed by atoms with Crippen molar-refractivity contribution in [3.05, 3.63) is 28.3 Å². The molecule has 0 radical (unpaired) electrons. The van der Waals surface area contributed by atoms with Crippen LogP contribution in [0.15, 0.2) is 6.07 Å². The van der Waals surface area contributed by atoms with Crippen molar-refractivity contribution in [3.63, 3.8) is 0 Å². The summed E-state index contributed by atoms with van der Waals surface area (Å²) < 4.78 is 0. The standard InChI is InChI=1S/C23H29ClO3/c1-12-10-17(20(26)11-24)22(27)21-14(12)4-5-15-16(21)8-9-23(3)18(13(2)25)6-7-19(15)23/h10,15-16,18-19,27H,4-9,11H2,1-3H3/t15-,16+,18-,19+,23-/m1/s1. The molecule has 4 heteroatoms. The summed E-state index contributed by atoms with van der Waals surface area (Å²) in [7, 11) is 0. The minimum absolute atomic E-state index is 0.0960. The Hall–Kier alpha value is -1.35. The highest BCUT2D eigenvalue weighted by Gasteiger charge is 2.56. The Morgan fingerprint density at radius 2 is 2.00 bits per heavy atom.